The van der Waals surface area contributed by atoms with E-state index in [1.807, 2.05) is 0 Å². The monoisotopic (exact) mass is 250 g/mol. The van der Waals surface area contributed by atoms with E-state index in [0.29, 0.717) is 11.3 Å². The standard InChI is InChI=1S/C13H14O5/c1-3-16-13(15)12-8(2)18-11(14)7-9(12)10-5-4-6-17-10/h4-6,9H,3,7H2,1-2H3/t9-/m0/s1. The van der Waals surface area contributed by atoms with Gasteiger partial charge in [0.05, 0.1) is 30.8 Å². The predicted octanol–water partition coefficient (Wildman–Crippen LogP) is 2.15. The van der Waals surface area contributed by atoms with Gasteiger partial charge in [-0.25, -0.2) is 4.79 Å². The van der Waals surface area contributed by atoms with Gasteiger partial charge in [0.15, 0.2) is 0 Å². The van der Waals surface area contributed by atoms with Gasteiger partial charge in [0.2, 0.25) is 0 Å². The average molecular weight is 250 g/mol. The van der Waals surface area contributed by atoms with Crippen molar-refractivity contribution in [3.63, 3.8) is 0 Å². The van der Waals surface area contributed by atoms with Crippen LogP contribution in [0.5, 0.6) is 0 Å². The van der Waals surface area contributed by atoms with Gasteiger partial charge in [-0.05, 0) is 26.0 Å². The Morgan fingerprint density at radius 3 is 2.94 bits per heavy atom. The summed E-state index contributed by atoms with van der Waals surface area (Å²) in [7, 11) is 0. The normalized spacial score (nSPS) is 19.7. The van der Waals surface area contributed by atoms with Crippen LogP contribution < -0.4 is 0 Å². The number of carbonyl (C=O) groups excluding carboxylic acids is 2. The lowest BCUT2D eigenvalue weighted by Gasteiger charge is -2.23. The number of ether oxygens (including phenoxy) is 2. The van der Waals surface area contributed by atoms with E-state index < -0.39 is 11.9 Å². The number of allylic oxidation sites excluding steroid dienone is 1. The first-order valence-electron chi connectivity index (χ1n) is 5.75. The number of furan rings is 1. The first-order valence-corrected chi connectivity index (χ1v) is 5.75. The molecular weight excluding hydrogens is 236 g/mol. The molecule has 1 atom stereocenters. The van der Waals surface area contributed by atoms with Crippen LogP contribution in [0.25, 0.3) is 0 Å². The third kappa shape index (κ3) is 2.30. The van der Waals surface area contributed by atoms with Gasteiger partial charge in [-0.3, -0.25) is 4.79 Å². The van der Waals surface area contributed by atoms with Crippen LogP contribution in [-0.2, 0) is 19.1 Å². The maximum Gasteiger partial charge on any atom is 0.338 e. The number of rotatable bonds is 3. The Kier molecular flexibility index (Phi) is 3.50. The topological polar surface area (TPSA) is 65.7 Å². The fourth-order valence-corrected chi connectivity index (χ4v) is 2.01. The summed E-state index contributed by atoms with van der Waals surface area (Å²) in [5.74, 6) is -0.425. The molecule has 0 bridgehead atoms. The zero-order chi connectivity index (χ0) is 13.1. The van der Waals surface area contributed by atoms with Gasteiger partial charge in [0.25, 0.3) is 0 Å². The molecule has 0 saturated carbocycles. The third-order valence-electron chi connectivity index (χ3n) is 2.75. The number of esters is 2. The van der Waals surface area contributed by atoms with Crippen LogP contribution in [0.2, 0.25) is 0 Å². The molecule has 2 heterocycles. The van der Waals surface area contributed by atoms with E-state index in [-0.39, 0.29) is 24.8 Å². The zero-order valence-electron chi connectivity index (χ0n) is 10.3. The Labute approximate surface area is 104 Å². The lowest BCUT2D eigenvalue weighted by Crippen LogP contribution is -2.25. The summed E-state index contributed by atoms with van der Waals surface area (Å²) in [6.45, 7) is 3.58. The maximum absolute atomic E-state index is 11.9. The quantitative estimate of drug-likeness (QED) is 0.769. The van der Waals surface area contributed by atoms with Gasteiger partial charge < -0.3 is 13.9 Å². The Morgan fingerprint density at radius 1 is 1.56 bits per heavy atom. The van der Waals surface area contributed by atoms with Crippen molar-refractivity contribution in [2.45, 2.75) is 26.2 Å². The fraction of sp³-hybridized carbons (Fsp3) is 0.385. The molecule has 1 aliphatic rings. The Balaban J connectivity index is 2.38. The van der Waals surface area contributed by atoms with E-state index in [1.54, 1.807) is 26.0 Å². The largest absolute Gasteiger partial charge is 0.469 e. The number of hydrogen-bond acceptors (Lipinski definition) is 5. The van der Waals surface area contributed by atoms with Crippen LogP contribution in [0, 0.1) is 0 Å². The van der Waals surface area contributed by atoms with Gasteiger partial charge in [-0.2, -0.15) is 0 Å². The van der Waals surface area contributed by atoms with E-state index in [0.717, 1.165) is 0 Å². The molecule has 1 aromatic rings. The van der Waals surface area contributed by atoms with Crippen molar-refractivity contribution in [2.24, 2.45) is 0 Å². The summed E-state index contributed by atoms with van der Waals surface area (Å²) in [5, 5.41) is 0. The minimum atomic E-state index is -0.469. The lowest BCUT2D eigenvalue weighted by molar-refractivity contribution is -0.144. The van der Waals surface area contributed by atoms with E-state index >= 15 is 0 Å². The second kappa shape index (κ2) is 5.08. The molecule has 96 valence electrons. The van der Waals surface area contributed by atoms with Crippen molar-refractivity contribution in [3.05, 3.63) is 35.5 Å². The first kappa shape index (κ1) is 12.4. The van der Waals surface area contributed by atoms with Crippen molar-refractivity contribution in [1.29, 1.82) is 0 Å². The summed E-state index contributed by atoms with van der Waals surface area (Å²) in [4.78, 5) is 23.4. The number of carbonyl (C=O) groups is 2. The Hall–Kier alpha value is -2.04. The van der Waals surface area contributed by atoms with Crippen molar-refractivity contribution >= 4 is 11.9 Å². The molecule has 0 amide bonds. The lowest BCUT2D eigenvalue weighted by atomic mass is 9.90. The maximum atomic E-state index is 11.9. The third-order valence-corrected chi connectivity index (χ3v) is 2.75. The highest BCUT2D eigenvalue weighted by molar-refractivity contribution is 5.93. The van der Waals surface area contributed by atoms with Gasteiger partial charge in [0, 0.05) is 0 Å². The van der Waals surface area contributed by atoms with Crippen molar-refractivity contribution < 1.29 is 23.5 Å². The molecule has 18 heavy (non-hydrogen) atoms. The average Bonchev–Trinajstić information content (AvgIpc) is 2.81. The van der Waals surface area contributed by atoms with Gasteiger partial charge in [0.1, 0.15) is 11.5 Å². The van der Waals surface area contributed by atoms with Crippen LogP contribution in [-0.4, -0.2) is 18.5 Å². The van der Waals surface area contributed by atoms with Crippen molar-refractivity contribution in [2.75, 3.05) is 6.61 Å². The summed E-state index contributed by atoms with van der Waals surface area (Å²) >= 11 is 0. The van der Waals surface area contributed by atoms with Crippen LogP contribution >= 0.6 is 0 Å². The molecule has 0 N–H and O–H groups in total. The van der Waals surface area contributed by atoms with E-state index in [9.17, 15) is 9.59 Å². The predicted molar refractivity (Wildman–Crippen MR) is 61.5 cm³/mol. The molecule has 5 heteroatoms. The van der Waals surface area contributed by atoms with E-state index in [2.05, 4.69) is 0 Å². The van der Waals surface area contributed by atoms with E-state index in [4.69, 9.17) is 13.9 Å². The SMILES string of the molecule is CCOC(=O)C1=C(C)OC(=O)C[C@H]1c1ccco1. The molecule has 2 rings (SSSR count). The fourth-order valence-electron chi connectivity index (χ4n) is 2.01. The minimum absolute atomic E-state index is 0.0823. The second-order valence-corrected chi connectivity index (χ2v) is 3.94. The smallest absolute Gasteiger partial charge is 0.338 e. The highest BCUT2D eigenvalue weighted by Gasteiger charge is 2.35. The van der Waals surface area contributed by atoms with Crippen LogP contribution in [0.4, 0.5) is 0 Å². The molecule has 5 nitrogen and oxygen atoms in total. The molecule has 0 aliphatic carbocycles. The molecule has 0 fully saturated rings. The molecule has 0 saturated heterocycles. The molecule has 0 aromatic carbocycles. The Bertz CT molecular complexity index is 483. The number of cyclic esters (lactones) is 1. The Morgan fingerprint density at radius 2 is 2.33 bits per heavy atom. The molecule has 0 radical (unpaired) electrons. The van der Waals surface area contributed by atoms with Crippen LogP contribution in [0.15, 0.2) is 34.1 Å². The molecule has 1 aromatic heterocycles. The first-order chi connectivity index (χ1) is 8.63. The highest BCUT2D eigenvalue weighted by Crippen LogP contribution is 2.35. The minimum Gasteiger partial charge on any atom is -0.469 e. The summed E-state index contributed by atoms with van der Waals surface area (Å²) in [5.41, 5.74) is 0.353. The summed E-state index contributed by atoms with van der Waals surface area (Å²) < 4.78 is 15.3. The summed E-state index contributed by atoms with van der Waals surface area (Å²) in [6.07, 6.45) is 1.59. The van der Waals surface area contributed by atoms with Crippen molar-refractivity contribution in [1.82, 2.24) is 0 Å². The zero-order valence-corrected chi connectivity index (χ0v) is 10.3. The molecule has 0 unspecified atom stereocenters. The molecule has 1 aliphatic heterocycles. The molecular formula is C13H14O5. The number of hydrogen-bond donors (Lipinski definition) is 0. The van der Waals surface area contributed by atoms with Gasteiger partial charge in [-0.15, -0.1) is 0 Å². The summed E-state index contributed by atoms with van der Waals surface area (Å²) in [6, 6.07) is 3.45. The van der Waals surface area contributed by atoms with Gasteiger partial charge in [-0.1, -0.05) is 0 Å². The van der Waals surface area contributed by atoms with Gasteiger partial charge >= 0.3 is 11.9 Å². The second-order valence-electron chi connectivity index (χ2n) is 3.94. The molecule has 0 spiro atoms. The van der Waals surface area contributed by atoms with Crippen LogP contribution in [0.1, 0.15) is 31.9 Å². The van der Waals surface area contributed by atoms with Crippen LogP contribution in [0.3, 0.4) is 0 Å². The van der Waals surface area contributed by atoms with E-state index in [1.165, 1.54) is 6.26 Å². The van der Waals surface area contributed by atoms with Crippen molar-refractivity contribution in [3.8, 4) is 0 Å². The highest BCUT2D eigenvalue weighted by atomic mass is 16.5.